The predicted octanol–water partition coefficient (Wildman–Crippen LogP) is 2.88. The highest BCUT2D eigenvalue weighted by Gasteiger charge is 2.29. The van der Waals surface area contributed by atoms with Crippen LogP contribution in [0.3, 0.4) is 0 Å². The fourth-order valence-electron chi connectivity index (χ4n) is 3.42. The summed E-state index contributed by atoms with van der Waals surface area (Å²) in [6.45, 7) is 5.12. The molecule has 0 saturated heterocycles. The van der Waals surface area contributed by atoms with Gasteiger partial charge in [0.25, 0.3) is 0 Å². The first kappa shape index (κ1) is 15.8. The molecule has 128 valence electrons. The number of aromatic nitrogens is 4. The van der Waals surface area contributed by atoms with E-state index in [0.29, 0.717) is 12.0 Å². The number of nitrogens with zero attached hydrogens (tertiary/aromatic N) is 4. The van der Waals surface area contributed by atoms with Crippen molar-refractivity contribution in [1.29, 1.82) is 0 Å². The smallest absolute Gasteiger partial charge is 0.143 e. The maximum Gasteiger partial charge on any atom is 0.143 e. The summed E-state index contributed by atoms with van der Waals surface area (Å²) < 4.78 is 7.49. The highest BCUT2D eigenvalue weighted by Crippen LogP contribution is 2.36. The standard InChI is InChI=1S/C19H21N5O/c1-13(15-6-5-7-16(10-15)24-12-20-22-23-24)21-14(2)18-11-25-19-9-4-3-8-17(18)19/h3-10,12-14,18,21H,11H2,1-2H3. The minimum Gasteiger partial charge on any atom is -0.493 e. The lowest BCUT2D eigenvalue weighted by Gasteiger charge is -2.25. The highest BCUT2D eigenvalue weighted by atomic mass is 16.5. The predicted molar refractivity (Wildman–Crippen MR) is 94.8 cm³/mol. The topological polar surface area (TPSA) is 64.9 Å². The molecule has 3 atom stereocenters. The average molecular weight is 335 g/mol. The van der Waals surface area contributed by atoms with Crippen LogP contribution >= 0.6 is 0 Å². The van der Waals surface area contributed by atoms with Gasteiger partial charge < -0.3 is 10.1 Å². The Hall–Kier alpha value is -2.73. The van der Waals surface area contributed by atoms with Gasteiger partial charge >= 0.3 is 0 Å². The number of rotatable bonds is 5. The van der Waals surface area contributed by atoms with Crippen LogP contribution in [-0.4, -0.2) is 32.9 Å². The molecule has 25 heavy (non-hydrogen) atoms. The summed E-state index contributed by atoms with van der Waals surface area (Å²) in [4.78, 5) is 0. The van der Waals surface area contributed by atoms with E-state index in [9.17, 15) is 0 Å². The van der Waals surface area contributed by atoms with E-state index in [2.05, 4.69) is 59.0 Å². The maximum absolute atomic E-state index is 5.82. The summed E-state index contributed by atoms with van der Waals surface area (Å²) in [5.41, 5.74) is 3.45. The second kappa shape index (κ2) is 6.64. The van der Waals surface area contributed by atoms with E-state index < -0.39 is 0 Å². The average Bonchev–Trinajstić information content (AvgIpc) is 3.31. The Bertz CT molecular complexity index is 849. The van der Waals surface area contributed by atoms with Crippen LogP contribution in [0.15, 0.2) is 54.9 Å². The molecule has 6 nitrogen and oxygen atoms in total. The lowest BCUT2D eigenvalue weighted by molar-refractivity contribution is 0.297. The van der Waals surface area contributed by atoms with Gasteiger partial charge in [-0.3, -0.25) is 0 Å². The van der Waals surface area contributed by atoms with Crippen LogP contribution in [0, 0.1) is 0 Å². The van der Waals surface area contributed by atoms with Crippen LogP contribution in [0.4, 0.5) is 0 Å². The number of fused-ring (bicyclic) bond motifs is 1. The first-order valence-corrected chi connectivity index (χ1v) is 8.53. The zero-order chi connectivity index (χ0) is 17.2. The van der Waals surface area contributed by atoms with Crippen molar-refractivity contribution in [3.63, 3.8) is 0 Å². The number of hydrogen-bond acceptors (Lipinski definition) is 5. The molecule has 3 aromatic rings. The molecule has 3 unspecified atom stereocenters. The molecule has 0 aliphatic carbocycles. The molecule has 0 radical (unpaired) electrons. The molecule has 1 aromatic heterocycles. The van der Waals surface area contributed by atoms with Gasteiger partial charge in [-0.15, -0.1) is 5.10 Å². The number of nitrogens with one attached hydrogen (secondary N) is 1. The van der Waals surface area contributed by atoms with E-state index in [1.54, 1.807) is 11.0 Å². The van der Waals surface area contributed by atoms with Crippen molar-refractivity contribution < 1.29 is 4.74 Å². The van der Waals surface area contributed by atoms with Crippen molar-refractivity contribution in [2.45, 2.75) is 31.8 Å². The van der Waals surface area contributed by atoms with Crippen molar-refractivity contribution in [2.75, 3.05) is 6.61 Å². The van der Waals surface area contributed by atoms with Gasteiger partial charge in [-0.05, 0) is 48.0 Å². The normalized spacial score (nSPS) is 18.4. The Balaban J connectivity index is 1.49. The minimum atomic E-state index is 0.208. The van der Waals surface area contributed by atoms with E-state index in [1.165, 1.54) is 11.1 Å². The summed E-state index contributed by atoms with van der Waals surface area (Å²) in [5, 5.41) is 15.1. The molecule has 0 amide bonds. The largest absolute Gasteiger partial charge is 0.493 e. The Morgan fingerprint density at radius 2 is 2.04 bits per heavy atom. The van der Waals surface area contributed by atoms with E-state index in [4.69, 9.17) is 4.74 Å². The quantitative estimate of drug-likeness (QED) is 0.777. The highest BCUT2D eigenvalue weighted by molar-refractivity contribution is 5.41. The van der Waals surface area contributed by atoms with Gasteiger partial charge in [-0.25, -0.2) is 4.68 Å². The molecule has 0 fully saturated rings. The van der Waals surface area contributed by atoms with E-state index in [-0.39, 0.29) is 6.04 Å². The molecular weight excluding hydrogens is 314 g/mol. The monoisotopic (exact) mass is 335 g/mol. The summed E-state index contributed by atoms with van der Waals surface area (Å²) in [6, 6.07) is 17.1. The second-order valence-corrected chi connectivity index (χ2v) is 6.48. The molecule has 0 saturated carbocycles. The first-order chi connectivity index (χ1) is 12.2. The number of ether oxygens (including phenoxy) is 1. The van der Waals surface area contributed by atoms with Crippen molar-refractivity contribution in [1.82, 2.24) is 25.5 Å². The molecule has 4 rings (SSSR count). The van der Waals surface area contributed by atoms with Crippen LogP contribution < -0.4 is 10.1 Å². The lowest BCUT2D eigenvalue weighted by Crippen LogP contribution is -2.35. The zero-order valence-corrected chi connectivity index (χ0v) is 14.3. The Morgan fingerprint density at radius 3 is 2.88 bits per heavy atom. The van der Waals surface area contributed by atoms with E-state index in [1.807, 2.05) is 24.3 Å². The van der Waals surface area contributed by atoms with Gasteiger partial charge in [0.05, 0.1) is 12.3 Å². The third-order valence-electron chi connectivity index (χ3n) is 4.84. The molecule has 1 aliphatic heterocycles. The molecular formula is C19H21N5O. The fraction of sp³-hybridized carbons (Fsp3) is 0.316. The summed E-state index contributed by atoms with van der Waals surface area (Å²) in [5.74, 6) is 1.37. The molecule has 6 heteroatoms. The summed E-state index contributed by atoms with van der Waals surface area (Å²) >= 11 is 0. The number of benzene rings is 2. The van der Waals surface area contributed by atoms with Gasteiger partial charge in [0, 0.05) is 23.6 Å². The van der Waals surface area contributed by atoms with Gasteiger partial charge in [0.2, 0.25) is 0 Å². The maximum atomic E-state index is 5.82. The number of hydrogen-bond donors (Lipinski definition) is 1. The van der Waals surface area contributed by atoms with Crippen molar-refractivity contribution >= 4 is 0 Å². The van der Waals surface area contributed by atoms with Gasteiger partial charge in [0.15, 0.2) is 0 Å². The van der Waals surface area contributed by atoms with Gasteiger partial charge in [-0.2, -0.15) is 0 Å². The van der Waals surface area contributed by atoms with Crippen molar-refractivity contribution in [3.05, 3.63) is 66.0 Å². The zero-order valence-electron chi connectivity index (χ0n) is 14.3. The van der Waals surface area contributed by atoms with Crippen LogP contribution in [0.5, 0.6) is 5.75 Å². The number of para-hydroxylation sites is 1. The van der Waals surface area contributed by atoms with Gasteiger partial charge in [0.1, 0.15) is 12.1 Å². The number of tetrazole rings is 1. The molecule has 1 aliphatic rings. The molecule has 1 N–H and O–H groups in total. The van der Waals surface area contributed by atoms with Crippen LogP contribution in [0.2, 0.25) is 0 Å². The van der Waals surface area contributed by atoms with Crippen LogP contribution in [-0.2, 0) is 0 Å². The molecule has 2 aromatic carbocycles. The third-order valence-corrected chi connectivity index (χ3v) is 4.84. The molecule has 2 heterocycles. The second-order valence-electron chi connectivity index (χ2n) is 6.48. The minimum absolute atomic E-state index is 0.208. The van der Waals surface area contributed by atoms with Crippen LogP contribution in [0.25, 0.3) is 5.69 Å². The third kappa shape index (κ3) is 3.13. The Morgan fingerprint density at radius 1 is 1.16 bits per heavy atom. The fourth-order valence-corrected chi connectivity index (χ4v) is 3.42. The molecule has 0 spiro atoms. The van der Waals surface area contributed by atoms with Crippen LogP contribution in [0.1, 0.15) is 36.9 Å². The Labute approximate surface area is 146 Å². The molecule has 0 bridgehead atoms. The van der Waals surface area contributed by atoms with Gasteiger partial charge in [-0.1, -0.05) is 30.3 Å². The Kier molecular flexibility index (Phi) is 4.19. The lowest BCUT2D eigenvalue weighted by atomic mass is 9.93. The summed E-state index contributed by atoms with van der Waals surface area (Å²) in [7, 11) is 0. The van der Waals surface area contributed by atoms with E-state index in [0.717, 1.165) is 18.0 Å². The van der Waals surface area contributed by atoms with E-state index >= 15 is 0 Å². The SMILES string of the molecule is CC(NC(C)C1COc2ccccc21)c1cccc(-n2cnnn2)c1. The van der Waals surface area contributed by atoms with Crippen molar-refractivity contribution in [3.8, 4) is 11.4 Å². The summed E-state index contributed by atoms with van der Waals surface area (Å²) in [6.07, 6.45) is 1.60. The first-order valence-electron chi connectivity index (χ1n) is 8.53. The van der Waals surface area contributed by atoms with Crippen molar-refractivity contribution in [2.24, 2.45) is 0 Å².